The zero-order valence-corrected chi connectivity index (χ0v) is 12.3. The second-order valence-electron chi connectivity index (χ2n) is 5.76. The number of rotatable bonds is 2. The van der Waals surface area contributed by atoms with Crippen molar-refractivity contribution in [3.8, 4) is 0 Å². The first-order valence-electron chi connectivity index (χ1n) is 7.43. The maximum atomic E-state index is 12.3. The van der Waals surface area contributed by atoms with E-state index in [0.29, 0.717) is 18.9 Å². The summed E-state index contributed by atoms with van der Waals surface area (Å²) in [6.07, 6.45) is 0.445. The molecule has 1 saturated heterocycles. The lowest BCUT2D eigenvalue weighted by atomic mass is 10.1. The van der Waals surface area contributed by atoms with Crippen molar-refractivity contribution < 1.29 is 9.21 Å². The molecule has 2 aromatic carbocycles. The van der Waals surface area contributed by atoms with Gasteiger partial charge in [0, 0.05) is 18.7 Å². The Hall–Kier alpha value is -2.62. The zero-order chi connectivity index (χ0) is 15.1. The minimum absolute atomic E-state index is 0.0143. The number of aryl methyl sites for hydroxylation is 1. The van der Waals surface area contributed by atoms with Crippen molar-refractivity contribution in [1.29, 1.82) is 0 Å². The van der Waals surface area contributed by atoms with Gasteiger partial charge in [0.15, 0.2) is 5.58 Å². The van der Waals surface area contributed by atoms with E-state index in [2.05, 4.69) is 4.98 Å². The van der Waals surface area contributed by atoms with Crippen molar-refractivity contribution in [3.63, 3.8) is 0 Å². The molecule has 0 aliphatic carbocycles. The third kappa shape index (κ3) is 2.17. The summed E-state index contributed by atoms with van der Waals surface area (Å²) in [5.41, 5.74) is 3.73. The highest BCUT2D eigenvalue weighted by Gasteiger charge is 2.34. The number of fused-ring (bicyclic) bond motifs is 1. The Kier molecular flexibility index (Phi) is 2.96. The lowest BCUT2D eigenvalue weighted by Gasteiger charge is -2.15. The molecule has 0 bridgehead atoms. The van der Waals surface area contributed by atoms with Crippen LogP contribution in [0, 0.1) is 6.92 Å². The number of anilines is 1. The predicted octanol–water partition coefficient (Wildman–Crippen LogP) is 3.66. The molecule has 1 aliphatic heterocycles. The van der Waals surface area contributed by atoms with Crippen LogP contribution in [0.2, 0.25) is 0 Å². The summed E-state index contributed by atoms with van der Waals surface area (Å²) in [4.78, 5) is 18.7. The Morgan fingerprint density at radius 1 is 1.18 bits per heavy atom. The van der Waals surface area contributed by atoms with Crippen LogP contribution in [-0.4, -0.2) is 17.4 Å². The van der Waals surface area contributed by atoms with Gasteiger partial charge in [0.1, 0.15) is 5.52 Å². The highest BCUT2D eigenvalue weighted by atomic mass is 16.3. The van der Waals surface area contributed by atoms with Gasteiger partial charge in [-0.3, -0.25) is 4.79 Å². The number of carbonyl (C=O) groups excluding carboxylic acids is 1. The van der Waals surface area contributed by atoms with Crippen LogP contribution in [0.1, 0.15) is 23.8 Å². The average molecular weight is 292 g/mol. The summed E-state index contributed by atoms with van der Waals surface area (Å²) in [6, 6.07) is 15.7. The molecule has 0 radical (unpaired) electrons. The molecule has 2 heterocycles. The van der Waals surface area contributed by atoms with Crippen LogP contribution in [0.15, 0.2) is 52.9 Å². The molecule has 1 amide bonds. The van der Waals surface area contributed by atoms with E-state index in [0.717, 1.165) is 22.4 Å². The number of oxazole rings is 1. The Balaban J connectivity index is 1.64. The topological polar surface area (TPSA) is 46.3 Å². The lowest BCUT2D eigenvalue weighted by molar-refractivity contribution is -0.117. The summed E-state index contributed by atoms with van der Waals surface area (Å²) < 4.78 is 5.85. The quantitative estimate of drug-likeness (QED) is 0.724. The summed E-state index contributed by atoms with van der Waals surface area (Å²) in [5.74, 6) is 0.794. The van der Waals surface area contributed by atoms with Crippen LogP contribution < -0.4 is 4.90 Å². The predicted molar refractivity (Wildman–Crippen MR) is 84.9 cm³/mol. The SMILES string of the molecule is Cc1ccc2oc([C@@H]3CC(=O)N(c4ccccc4)C3)nc2c1. The number of hydrogen-bond acceptors (Lipinski definition) is 3. The third-order valence-electron chi connectivity index (χ3n) is 4.10. The molecule has 1 aromatic heterocycles. The van der Waals surface area contributed by atoms with Crippen LogP contribution in [0.3, 0.4) is 0 Å². The van der Waals surface area contributed by atoms with E-state index in [-0.39, 0.29) is 11.8 Å². The Morgan fingerprint density at radius 3 is 2.82 bits per heavy atom. The molecule has 0 N–H and O–H groups in total. The molecule has 0 spiro atoms. The fourth-order valence-electron chi connectivity index (χ4n) is 2.96. The Morgan fingerprint density at radius 2 is 2.00 bits per heavy atom. The van der Waals surface area contributed by atoms with Crippen molar-refractivity contribution in [2.45, 2.75) is 19.3 Å². The standard InChI is InChI=1S/C18H16N2O2/c1-12-7-8-16-15(9-12)19-18(22-16)13-10-17(21)20(11-13)14-5-3-2-4-6-14/h2-9,13H,10-11H2,1H3/t13-/m1/s1. The van der Waals surface area contributed by atoms with Crippen LogP contribution in [0.5, 0.6) is 0 Å². The van der Waals surface area contributed by atoms with Crippen molar-refractivity contribution in [1.82, 2.24) is 4.98 Å². The van der Waals surface area contributed by atoms with Gasteiger partial charge in [-0.2, -0.15) is 0 Å². The molecular weight excluding hydrogens is 276 g/mol. The van der Waals surface area contributed by atoms with E-state index < -0.39 is 0 Å². The summed E-state index contributed by atoms with van der Waals surface area (Å²) in [7, 11) is 0. The molecule has 4 nitrogen and oxygen atoms in total. The zero-order valence-electron chi connectivity index (χ0n) is 12.3. The summed E-state index contributed by atoms with van der Waals surface area (Å²) in [5, 5.41) is 0. The van der Waals surface area contributed by atoms with Crippen LogP contribution in [0.4, 0.5) is 5.69 Å². The van der Waals surface area contributed by atoms with Gasteiger partial charge < -0.3 is 9.32 Å². The maximum Gasteiger partial charge on any atom is 0.227 e. The van der Waals surface area contributed by atoms with E-state index in [4.69, 9.17) is 4.42 Å². The second-order valence-corrected chi connectivity index (χ2v) is 5.76. The van der Waals surface area contributed by atoms with Gasteiger partial charge in [0.05, 0.1) is 5.92 Å². The Labute approximate surface area is 128 Å². The molecule has 4 heteroatoms. The number of amides is 1. The first-order chi connectivity index (χ1) is 10.7. The highest BCUT2D eigenvalue weighted by molar-refractivity contribution is 5.96. The highest BCUT2D eigenvalue weighted by Crippen LogP contribution is 2.32. The number of aromatic nitrogens is 1. The van der Waals surface area contributed by atoms with Crippen LogP contribution in [-0.2, 0) is 4.79 Å². The van der Waals surface area contributed by atoms with Gasteiger partial charge in [-0.15, -0.1) is 0 Å². The largest absolute Gasteiger partial charge is 0.440 e. The molecule has 1 aliphatic rings. The number of hydrogen-bond donors (Lipinski definition) is 0. The molecule has 0 saturated carbocycles. The van der Waals surface area contributed by atoms with E-state index in [9.17, 15) is 4.79 Å². The van der Waals surface area contributed by atoms with Gasteiger partial charge >= 0.3 is 0 Å². The second kappa shape index (κ2) is 4.98. The normalized spacial score (nSPS) is 18.3. The molecule has 110 valence electrons. The van der Waals surface area contributed by atoms with Gasteiger partial charge in [0.2, 0.25) is 11.8 Å². The minimum Gasteiger partial charge on any atom is -0.440 e. The molecular formula is C18H16N2O2. The van der Waals surface area contributed by atoms with Crippen molar-refractivity contribution in [2.24, 2.45) is 0 Å². The van der Waals surface area contributed by atoms with Gasteiger partial charge in [-0.25, -0.2) is 4.98 Å². The number of para-hydroxylation sites is 1. The summed E-state index contributed by atoms with van der Waals surface area (Å²) >= 11 is 0. The first-order valence-corrected chi connectivity index (χ1v) is 7.43. The first kappa shape index (κ1) is 13.1. The van der Waals surface area contributed by atoms with Crippen molar-refractivity contribution in [3.05, 3.63) is 60.0 Å². The fourth-order valence-corrected chi connectivity index (χ4v) is 2.96. The maximum absolute atomic E-state index is 12.3. The van der Waals surface area contributed by atoms with E-state index in [1.54, 1.807) is 0 Å². The van der Waals surface area contributed by atoms with E-state index in [1.165, 1.54) is 0 Å². The van der Waals surface area contributed by atoms with Crippen molar-refractivity contribution in [2.75, 3.05) is 11.4 Å². The number of benzene rings is 2. The molecule has 1 fully saturated rings. The van der Waals surface area contributed by atoms with Crippen molar-refractivity contribution >= 4 is 22.7 Å². The van der Waals surface area contributed by atoms with Gasteiger partial charge in [-0.05, 0) is 36.8 Å². The molecule has 4 rings (SSSR count). The smallest absolute Gasteiger partial charge is 0.227 e. The van der Waals surface area contributed by atoms with E-state index in [1.807, 2.05) is 60.4 Å². The number of carbonyl (C=O) groups is 1. The van der Waals surface area contributed by atoms with Crippen LogP contribution in [0.25, 0.3) is 11.1 Å². The summed E-state index contributed by atoms with van der Waals surface area (Å²) in [6.45, 7) is 2.65. The van der Waals surface area contributed by atoms with Gasteiger partial charge in [-0.1, -0.05) is 24.3 Å². The fraction of sp³-hybridized carbons (Fsp3) is 0.222. The molecule has 0 unspecified atom stereocenters. The average Bonchev–Trinajstić information content (AvgIpc) is 3.11. The van der Waals surface area contributed by atoms with Gasteiger partial charge in [0.25, 0.3) is 0 Å². The van der Waals surface area contributed by atoms with E-state index >= 15 is 0 Å². The monoisotopic (exact) mass is 292 g/mol. The minimum atomic E-state index is 0.0143. The third-order valence-corrected chi connectivity index (χ3v) is 4.10. The molecule has 1 atom stereocenters. The lowest BCUT2D eigenvalue weighted by Crippen LogP contribution is -2.24. The van der Waals surface area contributed by atoms with Crippen LogP contribution >= 0.6 is 0 Å². The molecule has 22 heavy (non-hydrogen) atoms. The number of nitrogens with zero attached hydrogens (tertiary/aromatic N) is 2. The molecule has 3 aromatic rings. The Bertz CT molecular complexity index is 839.